The molecule has 0 spiro atoms. The Bertz CT molecular complexity index is 1160. The van der Waals surface area contributed by atoms with Gasteiger partial charge in [-0.1, -0.05) is 49.4 Å². The third-order valence-corrected chi connectivity index (χ3v) is 5.37. The lowest BCUT2D eigenvalue weighted by Crippen LogP contribution is -2.36. The third kappa shape index (κ3) is 3.21. The van der Waals surface area contributed by atoms with Gasteiger partial charge in [-0.3, -0.25) is 14.2 Å². The molecule has 2 aromatic carbocycles. The van der Waals surface area contributed by atoms with Crippen LogP contribution in [0.15, 0.2) is 59.7 Å². The number of aromatic nitrogens is 3. The van der Waals surface area contributed by atoms with Crippen molar-refractivity contribution in [2.75, 3.05) is 5.32 Å². The van der Waals surface area contributed by atoms with E-state index in [2.05, 4.69) is 15.3 Å². The average molecular weight is 378 g/mol. The van der Waals surface area contributed by atoms with Gasteiger partial charge in [0.1, 0.15) is 6.04 Å². The maximum absolute atomic E-state index is 13.0. The molecular formula is C20H18N4O2S. The minimum Gasteiger partial charge on any atom is -0.300 e. The molecule has 0 unspecified atom stereocenters. The lowest BCUT2D eigenvalue weighted by molar-refractivity contribution is -0.120. The molecule has 1 amide bonds. The summed E-state index contributed by atoms with van der Waals surface area (Å²) in [6.07, 6.45) is 1.45. The summed E-state index contributed by atoms with van der Waals surface area (Å²) in [6.45, 7) is 3.81. The maximum atomic E-state index is 13.0. The predicted octanol–water partition coefficient (Wildman–Crippen LogP) is 3.84. The standard InChI is InChI=1S/C20H18N4O2S/c1-12(2)17(24-11-21-14-8-4-3-7-13(14)19(24)26)18(25)23-20-22-15-9-5-6-10-16(15)27-20/h3-12,17H,1-2H3,(H,22,23,25)/t17-/m0/s1. The number of anilines is 1. The highest BCUT2D eigenvalue weighted by molar-refractivity contribution is 7.22. The molecule has 7 heteroatoms. The monoisotopic (exact) mass is 378 g/mol. The van der Waals surface area contributed by atoms with Crippen LogP contribution in [-0.4, -0.2) is 20.4 Å². The van der Waals surface area contributed by atoms with Gasteiger partial charge in [-0.2, -0.15) is 0 Å². The number of benzene rings is 2. The van der Waals surface area contributed by atoms with Crippen LogP contribution in [0.1, 0.15) is 19.9 Å². The normalized spacial score (nSPS) is 12.6. The summed E-state index contributed by atoms with van der Waals surface area (Å²) < 4.78 is 2.41. The van der Waals surface area contributed by atoms with Gasteiger partial charge in [0.05, 0.1) is 27.4 Å². The summed E-state index contributed by atoms with van der Waals surface area (Å²) >= 11 is 1.41. The number of carbonyl (C=O) groups is 1. The molecule has 0 radical (unpaired) electrons. The van der Waals surface area contributed by atoms with Crippen LogP contribution < -0.4 is 10.9 Å². The Balaban J connectivity index is 1.71. The van der Waals surface area contributed by atoms with Gasteiger partial charge in [-0.25, -0.2) is 9.97 Å². The Hall–Kier alpha value is -3.06. The number of rotatable bonds is 4. The van der Waals surface area contributed by atoms with Crippen molar-refractivity contribution in [2.45, 2.75) is 19.9 Å². The fourth-order valence-corrected chi connectivity index (χ4v) is 4.01. The zero-order chi connectivity index (χ0) is 19.0. The van der Waals surface area contributed by atoms with Crippen LogP contribution in [0.4, 0.5) is 5.13 Å². The van der Waals surface area contributed by atoms with E-state index in [0.29, 0.717) is 16.0 Å². The second-order valence-corrected chi connectivity index (χ2v) is 7.67. The van der Waals surface area contributed by atoms with E-state index in [0.717, 1.165) is 10.2 Å². The van der Waals surface area contributed by atoms with Crippen molar-refractivity contribution in [2.24, 2.45) is 5.92 Å². The Kier molecular flexibility index (Phi) is 4.45. The number of carbonyl (C=O) groups excluding carboxylic acids is 1. The van der Waals surface area contributed by atoms with E-state index in [-0.39, 0.29) is 17.4 Å². The fourth-order valence-electron chi connectivity index (χ4n) is 3.14. The van der Waals surface area contributed by atoms with Crippen LogP contribution in [0.3, 0.4) is 0 Å². The fraction of sp³-hybridized carbons (Fsp3) is 0.200. The van der Waals surface area contributed by atoms with Crippen molar-refractivity contribution < 1.29 is 4.79 Å². The molecule has 0 aliphatic heterocycles. The van der Waals surface area contributed by atoms with E-state index < -0.39 is 6.04 Å². The summed E-state index contributed by atoms with van der Waals surface area (Å²) in [5.74, 6) is -0.372. The Labute approximate surface area is 159 Å². The first-order chi connectivity index (χ1) is 13.0. The number of para-hydroxylation sites is 2. The van der Waals surface area contributed by atoms with E-state index in [9.17, 15) is 9.59 Å². The molecule has 4 rings (SSSR count). The molecule has 4 aromatic rings. The first-order valence-electron chi connectivity index (χ1n) is 8.67. The highest BCUT2D eigenvalue weighted by atomic mass is 32.1. The molecule has 2 heterocycles. The summed E-state index contributed by atoms with van der Waals surface area (Å²) in [6, 6.07) is 14.2. The number of hydrogen-bond acceptors (Lipinski definition) is 5. The molecule has 27 heavy (non-hydrogen) atoms. The molecule has 0 aliphatic carbocycles. The van der Waals surface area contributed by atoms with Crippen molar-refractivity contribution in [1.29, 1.82) is 0 Å². The van der Waals surface area contributed by atoms with Gasteiger partial charge in [-0.15, -0.1) is 0 Å². The van der Waals surface area contributed by atoms with Gasteiger partial charge < -0.3 is 5.32 Å². The summed E-state index contributed by atoms with van der Waals surface area (Å²) in [5, 5.41) is 3.89. The Morgan fingerprint density at radius 1 is 1.07 bits per heavy atom. The smallest absolute Gasteiger partial charge is 0.261 e. The van der Waals surface area contributed by atoms with E-state index in [1.807, 2.05) is 44.2 Å². The van der Waals surface area contributed by atoms with Crippen LogP contribution in [0.5, 0.6) is 0 Å². The SMILES string of the molecule is CC(C)[C@@H](C(=O)Nc1nc2ccccc2s1)n1cnc2ccccc2c1=O. The first kappa shape index (κ1) is 17.4. The molecule has 6 nitrogen and oxygen atoms in total. The lowest BCUT2D eigenvalue weighted by Gasteiger charge is -2.22. The lowest BCUT2D eigenvalue weighted by atomic mass is 10.0. The molecule has 136 valence electrons. The Morgan fingerprint density at radius 2 is 1.78 bits per heavy atom. The first-order valence-corrected chi connectivity index (χ1v) is 9.48. The highest BCUT2D eigenvalue weighted by Crippen LogP contribution is 2.27. The van der Waals surface area contributed by atoms with Crippen molar-refractivity contribution in [3.05, 3.63) is 65.2 Å². The van der Waals surface area contributed by atoms with Gasteiger partial charge in [0.2, 0.25) is 5.91 Å². The third-order valence-electron chi connectivity index (χ3n) is 4.41. The van der Waals surface area contributed by atoms with Crippen molar-refractivity contribution in [3.8, 4) is 0 Å². The molecule has 1 atom stereocenters. The van der Waals surface area contributed by atoms with Crippen LogP contribution in [-0.2, 0) is 4.79 Å². The maximum Gasteiger partial charge on any atom is 0.261 e. The van der Waals surface area contributed by atoms with Crippen LogP contribution in [0, 0.1) is 5.92 Å². The largest absolute Gasteiger partial charge is 0.300 e. The van der Waals surface area contributed by atoms with E-state index in [1.54, 1.807) is 18.2 Å². The summed E-state index contributed by atoms with van der Waals surface area (Å²) in [4.78, 5) is 34.7. The number of nitrogens with zero attached hydrogens (tertiary/aromatic N) is 3. The summed E-state index contributed by atoms with van der Waals surface area (Å²) in [7, 11) is 0. The van der Waals surface area contributed by atoms with E-state index in [4.69, 9.17) is 0 Å². The molecule has 1 N–H and O–H groups in total. The molecule has 2 aromatic heterocycles. The predicted molar refractivity (Wildman–Crippen MR) is 108 cm³/mol. The Morgan fingerprint density at radius 3 is 2.52 bits per heavy atom. The molecule has 0 aliphatic rings. The second-order valence-electron chi connectivity index (χ2n) is 6.64. The molecule has 0 saturated carbocycles. The molecule has 0 saturated heterocycles. The van der Waals surface area contributed by atoms with Gasteiger partial charge in [0, 0.05) is 0 Å². The second kappa shape index (κ2) is 6.92. The van der Waals surface area contributed by atoms with Gasteiger partial charge in [0.25, 0.3) is 5.56 Å². The average Bonchev–Trinajstić information content (AvgIpc) is 3.06. The number of hydrogen-bond donors (Lipinski definition) is 1. The quantitative estimate of drug-likeness (QED) is 0.585. The molecule has 0 fully saturated rings. The summed E-state index contributed by atoms with van der Waals surface area (Å²) in [5.41, 5.74) is 1.23. The van der Waals surface area contributed by atoms with Crippen molar-refractivity contribution >= 4 is 43.5 Å². The number of fused-ring (bicyclic) bond motifs is 2. The molecule has 0 bridgehead atoms. The zero-order valence-electron chi connectivity index (χ0n) is 14.9. The van der Waals surface area contributed by atoms with Crippen molar-refractivity contribution in [3.63, 3.8) is 0 Å². The van der Waals surface area contributed by atoms with E-state index in [1.165, 1.54) is 22.2 Å². The van der Waals surface area contributed by atoms with Gasteiger partial charge in [0.15, 0.2) is 5.13 Å². The minimum absolute atomic E-state index is 0.0972. The van der Waals surface area contributed by atoms with Crippen LogP contribution in [0.25, 0.3) is 21.1 Å². The zero-order valence-corrected chi connectivity index (χ0v) is 15.7. The van der Waals surface area contributed by atoms with Crippen LogP contribution in [0.2, 0.25) is 0 Å². The van der Waals surface area contributed by atoms with Gasteiger partial charge in [-0.05, 0) is 30.2 Å². The van der Waals surface area contributed by atoms with Crippen molar-refractivity contribution in [1.82, 2.24) is 14.5 Å². The molecular weight excluding hydrogens is 360 g/mol. The van der Waals surface area contributed by atoms with Crippen LogP contribution >= 0.6 is 11.3 Å². The van der Waals surface area contributed by atoms with Gasteiger partial charge >= 0.3 is 0 Å². The number of thiazole rings is 1. The number of amides is 1. The highest BCUT2D eigenvalue weighted by Gasteiger charge is 2.26. The topological polar surface area (TPSA) is 76.9 Å². The minimum atomic E-state index is -0.679. The van der Waals surface area contributed by atoms with E-state index >= 15 is 0 Å². The number of nitrogens with one attached hydrogen (secondary N) is 1.